The maximum atomic E-state index is 12.8. The zero-order valence-electron chi connectivity index (χ0n) is 12.4. The molecule has 0 aliphatic carbocycles. The van der Waals surface area contributed by atoms with E-state index in [0.29, 0.717) is 5.56 Å². The molecule has 0 aliphatic rings. The highest BCUT2D eigenvalue weighted by Gasteiger charge is 2.33. The summed E-state index contributed by atoms with van der Waals surface area (Å²) < 4.78 is 38.3. The molecule has 1 amide bonds. The molecule has 0 aromatic heterocycles. The molecule has 0 radical (unpaired) electrons. The summed E-state index contributed by atoms with van der Waals surface area (Å²) >= 11 is 5.50. The Morgan fingerprint density at radius 1 is 1.20 bits per heavy atom. The van der Waals surface area contributed by atoms with Crippen LogP contribution in [0.15, 0.2) is 48.5 Å². The number of rotatable bonds is 4. The Bertz CT molecular complexity index is 851. The first-order valence-electron chi connectivity index (χ1n) is 6.77. The lowest BCUT2D eigenvalue weighted by Gasteiger charge is -2.11. The van der Waals surface area contributed by atoms with Gasteiger partial charge < -0.3 is 5.32 Å². The van der Waals surface area contributed by atoms with E-state index in [0.717, 1.165) is 18.2 Å². The van der Waals surface area contributed by atoms with Crippen LogP contribution in [0.2, 0.25) is 5.02 Å². The van der Waals surface area contributed by atoms with Crippen LogP contribution in [0.4, 0.5) is 24.5 Å². The number of carbonyl (C=O) groups is 1. The highest BCUT2D eigenvalue weighted by molar-refractivity contribution is 6.31. The molecule has 9 heteroatoms. The topological polar surface area (TPSA) is 72.2 Å². The van der Waals surface area contributed by atoms with Crippen LogP contribution in [0.25, 0.3) is 6.08 Å². The number of carbonyl (C=O) groups excluding carboxylic acids is 1. The molecule has 2 aromatic carbocycles. The Morgan fingerprint density at radius 3 is 2.56 bits per heavy atom. The molecule has 0 bridgehead atoms. The van der Waals surface area contributed by atoms with Crippen LogP contribution >= 0.6 is 11.6 Å². The van der Waals surface area contributed by atoms with E-state index in [2.05, 4.69) is 5.32 Å². The summed E-state index contributed by atoms with van der Waals surface area (Å²) in [5, 5.41) is 12.5. The van der Waals surface area contributed by atoms with Gasteiger partial charge in [0.15, 0.2) is 0 Å². The molecule has 0 aliphatic heterocycles. The third kappa shape index (κ3) is 5.05. The monoisotopic (exact) mass is 370 g/mol. The molecule has 0 unspecified atom stereocenters. The lowest BCUT2D eigenvalue weighted by molar-refractivity contribution is -0.384. The van der Waals surface area contributed by atoms with Crippen molar-refractivity contribution in [1.82, 2.24) is 0 Å². The molecule has 1 N–H and O–H groups in total. The van der Waals surface area contributed by atoms with Crippen molar-refractivity contribution in [3.63, 3.8) is 0 Å². The number of non-ortho nitro benzene ring substituents is 1. The van der Waals surface area contributed by atoms with Crippen molar-refractivity contribution >= 4 is 35.0 Å². The quantitative estimate of drug-likeness (QED) is 0.471. The first kappa shape index (κ1) is 18.5. The third-order valence-corrected chi connectivity index (χ3v) is 3.38. The standard InChI is InChI=1S/C16H10ClF3N2O3/c17-14-6-5-11(9-13(14)16(18,19)20)21-15(23)7-4-10-2-1-3-12(8-10)22(24)25/h1-9H,(H,21,23)/b7-4+. The Kier molecular flexibility index (Phi) is 5.43. The summed E-state index contributed by atoms with van der Waals surface area (Å²) in [7, 11) is 0. The Balaban J connectivity index is 2.13. The number of hydrogen-bond acceptors (Lipinski definition) is 3. The Morgan fingerprint density at radius 2 is 1.92 bits per heavy atom. The van der Waals surface area contributed by atoms with Gasteiger partial charge in [0.05, 0.1) is 15.5 Å². The van der Waals surface area contributed by atoms with E-state index in [1.807, 2.05) is 0 Å². The fourth-order valence-electron chi connectivity index (χ4n) is 1.92. The number of alkyl halides is 3. The van der Waals surface area contributed by atoms with E-state index in [-0.39, 0.29) is 11.4 Å². The van der Waals surface area contributed by atoms with Crippen molar-refractivity contribution in [2.75, 3.05) is 5.32 Å². The maximum absolute atomic E-state index is 12.8. The lowest BCUT2D eigenvalue weighted by Crippen LogP contribution is -2.11. The summed E-state index contributed by atoms with van der Waals surface area (Å²) in [5.41, 5.74) is -0.883. The second-order valence-electron chi connectivity index (χ2n) is 4.87. The first-order valence-corrected chi connectivity index (χ1v) is 7.15. The summed E-state index contributed by atoms with van der Waals surface area (Å²) in [4.78, 5) is 21.9. The highest BCUT2D eigenvalue weighted by Crippen LogP contribution is 2.36. The van der Waals surface area contributed by atoms with Gasteiger partial charge in [0.1, 0.15) is 0 Å². The number of benzene rings is 2. The maximum Gasteiger partial charge on any atom is 0.417 e. The van der Waals surface area contributed by atoms with Gasteiger partial charge in [0.25, 0.3) is 5.69 Å². The van der Waals surface area contributed by atoms with Crippen LogP contribution < -0.4 is 5.32 Å². The molecule has 0 saturated heterocycles. The van der Waals surface area contributed by atoms with E-state index < -0.39 is 27.6 Å². The van der Waals surface area contributed by atoms with Crippen LogP contribution in [0.1, 0.15) is 11.1 Å². The molecular weight excluding hydrogens is 361 g/mol. The van der Waals surface area contributed by atoms with Crippen LogP contribution in [0.3, 0.4) is 0 Å². The van der Waals surface area contributed by atoms with Crippen molar-refractivity contribution in [1.29, 1.82) is 0 Å². The summed E-state index contributed by atoms with van der Waals surface area (Å²) in [6.07, 6.45) is -2.28. The molecule has 2 aromatic rings. The number of nitro groups is 1. The molecule has 130 valence electrons. The van der Waals surface area contributed by atoms with Gasteiger partial charge in [-0.05, 0) is 29.8 Å². The fraction of sp³-hybridized carbons (Fsp3) is 0.0625. The summed E-state index contributed by atoms with van der Waals surface area (Å²) in [6, 6.07) is 8.53. The van der Waals surface area contributed by atoms with E-state index >= 15 is 0 Å². The summed E-state index contributed by atoms with van der Waals surface area (Å²) in [6.45, 7) is 0. The van der Waals surface area contributed by atoms with Crippen molar-refractivity contribution in [2.45, 2.75) is 6.18 Å². The van der Waals surface area contributed by atoms with E-state index in [9.17, 15) is 28.1 Å². The van der Waals surface area contributed by atoms with Gasteiger partial charge in [-0.25, -0.2) is 0 Å². The minimum absolute atomic E-state index is 0.0783. The molecule has 0 spiro atoms. The number of anilines is 1. The SMILES string of the molecule is O=C(/C=C/c1cccc([N+](=O)[O-])c1)Nc1ccc(Cl)c(C(F)(F)F)c1. The van der Waals surface area contributed by atoms with Crippen LogP contribution in [0.5, 0.6) is 0 Å². The van der Waals surface area contributed by atoms with E-state index in [1.54, 1.807) is 6.07 Å². The van der Waals surface area contributed by atoms with Crippen LogP contribution in [0, 0.1) is 10.1 Å². The van der Waals surface area contributed by atoms with Gasteiger partial charge in [0, 0.05) is 23.9 Å². The molecule has 0 heterocycles. The van der Waals surface area contributed by atoms with E-state index in [4.69, 9.17) is 11.6 Å². The van der Waals surface area contributed by atoms with E-state index in [1.165, 1.54) is 30.3 Å². The Labute approximate surface area is 144 Å². The predicted molar refractivity (Wildman–Crippen MR) is 87.2 cm³/mol. The third-order valence-electron chi connectivity index (χ3n) is 3.05. The number of nitrogens with one attached hydrogen (secondary N) is 1. The fourth-order valence-corrected chi connectivity index (χ4v) is 2.14. The highest BCUT2D eigenvalue weighted by atomic mass is 35.5. The number of hydrogen-bond donors (Lipinski definition) is 1. The second-order valence-corrected chi connectivity index (χ2v) is 5.27. The summed E-state index contributed by atoms with van der Waals surface area (Å²) in [5.74, 6) is -0.693. The lowest BCUT2D eigenvalue weighted by atomic mass is 10.1. The van der Waals surface area contributed by atoms with Crippen molar-refractivity contribution in [3.8, 4) is 0 Å². The first-order chi connectivity index (χ1) is 11.7. The van der Waals surface area contributed by atoms with Crippen molar-refractivity contribution in [2.24, 2.45) is 0 Å². The van der Waals surface area contributed by atoms with Gasteiger partial charge in [-0.15, -0.1) is 0 Å². The van der Waals surface area contributed by atoms with Crippen LogP contribution in [-0.4, -0.2) is 10.8 Å². The minimum atomic E-state index is -4.64. The number of nitrogens with zero attached hydrogens (tertiary/aromatic N) is 1. The average molecular weight is 371 g/mol. The second kappa shape index (κ2) is 7.35. The van der Waals surface area contributed by atoms with Gasteiger partial charge in [0.2, 0.25) is 5.91 Å². The minimum Gasteiger partial charge on any atom is -0.322 e. The van der Waals surface area contributed by atoms with Crippen molar-refractivity contribution < 1.29 is 22.9 Å². The zero-order valence-corrected chi connectivity index (χ0v) is 13.1. The largest absolute Gasteiger partial charge is 0.417 e. The number of halogens is 4. The predicted octanol–water partition coefficient (Wildman–Crippen LogP) is 4.92. The number of amides is 1. The molecule has 0 fully saturated rings. The molecule has 0 atom stereocenters. The molecule has 25 heavy (non-hydrogen) atoms. The zero-order chi connectivity index (χ0) is 18.6. The molecular formula is C16H10ClF3N2O3. The van der Waals surface area contributed by atoms with Crippen LogP contribution in [-0.2, 0) is 11.0 Å². The molecule has 5 nitrogen and oxygen atoms in total. The Hall–Kier alpha value is -2.87. The number of nitro benzene ring substituents is 1. The smallest absolute Gasteiger partial charge is 0.322 e. The molecule has 2 rings (SSSR count). The normalized spacial score (nSPS) is 11.5. The molecule has 0 saturated carbocycles. The van der Waals surface area contributed by atoms with Crippen molar-refractivity contribution in [3.05, 3.63) is 74.8 Å². The van der Waals surface area contributed by atoms with Gasteiger partial charge >= 0.3 is 6.18 Å². The average Bonchev–Trinajstić information content (AvgIpc) is 2.54. The van der Waals surface area contributed by atoms with Gasteiger partial charge in [-0.3, -0.25) is 14.9 Å². The van der Waals surface area contributed by atoms with Gasteiger partial charge in [-0.1, -0.05) is 23.7 Å². The van der Waals surface area contributed by atoms with Gasteiger partial charge in [-0.2, -0.15) is 13.2 Å².